The van der Waals surface area contributed by atoms with Gasteiger partial charge in [-0.15, -0.1) is 0 Å². The van der Waals surface area contributed by atoms with Gasteiger partial charge in [0.15, 0.2) is 0 Å². The Morgan fingerprint density at radius 1 is 1.10 bits per heavy atom. The standard InChI is InChI=1S/C17H27Cl2N/c1-4-7-8-14(5-2)17(20-6-3)12-13-9-10-15(18)16(19)11-13/h9-11,14,17,20H,4-8,12H2,1-3H3. The molecule has 1 aromatic rings. The molecule has 0 saturated heterocycles. The van der Waals surface area contributed by atoms with E-state index in [1.54, 1.807) is 0 Å². The Morgan fingerprint density at radius 3 is 2.40 bits per heavy atom. The fourth-order valence-electron chi connectivity index (χ4n) is 2.74. The van der Waals surface area contributed by atoms with Gasteiger partial charge >= 0.3 is 0 Å². The first-order chi connectivity index (χ1) is 9.62. The quantitative estimate of drug-likeness (QED) is 0.613. The highest BCUT2D eigenvalue weighted by Crippen LogP contribution is 2.25. The lowest BCUT2D eigenvalue weighted by atomic mass is 9.87. The molecule has 1 rings (SSSR count). The van der Waals surface area contributed by atoms with Crippen molar-refractivity contribution in [2.45, 2.75) is 58.9 Å². The van der Waals surface area contributed by atoms with Crippen molar-refractivity contribution in [3.05, 3.63) is 33.8 Å². The molecule has 0 aromatic heterocycles. The van der Waals surface area contributed by atoms with E-state index in [2.05, 4.69) is 32.2 Å². The normalized spacial score (nSPS) is 14.2. The van der Waals surface area contributed by atoms with E-state index in [0.29, 0.717) is 16.1 Å². The van der Waals surface area contributed by atoms with Gasteiger partial charge in [0, 0.05) is 6.04 Å². The van der Waals surface area contributed by atoms with E-state index < -0.39 is 0 Å². The maximum Gasteiger partial charge on any atom is 0.0595 e. The molecule has 0 amide bonds. The van der Waals surface area contributed by atoms with Gasteiger partial charge in [0.1, 0.15) is 0 Å². The van der Waals surface area contributed by atoms with Gasteiger partial charge in [-0.05, 0) is 43.0 Å². The molecule has 0 bridgehead atoms. The summed E-state index contributed by atoms with van der Waals surface area (Å²) >= 11 is 12.1. The SMILES string of the molecule is CCCCC(CC)C(Cc1ccc(Cl)c(Cl)c1)NCC. The Hall–Kier alpha value is -0.240. The molecule has 0 aliphatic carbocycles. The topological polar surface area (TPSA) is 12.0 Å². The number of likely N-dealkylation sites (N-methyl/N-ethyl adjacent to an activating group) is 1. The smallest absolute Gasteiger partial charge is 0.0595 e. The van der Waals surface area contributed by atoms with Crippen LogP contribution in [0.1, 0.15) is 52.0 Å². The zero-order valence-electron chi connectivity index (χ0n) is 12.9. The maximum absolute atomic E-state index is 6.12. The largest absolute Gasteiger partial charge is 0.314 e. The first kappa shape index (κ1) is 17.8. The molecule has 20 heavy (non-hydrogen) atoms. The molecule has 2 atom stereocenters. The molecule has 0 heterocycles. The average molecular weight is 316 g/mol. The van der Waals surface area contributed by atoms with Gasteiger partial charge in [0.2, 0.25) is 0 Å². The fourth-order valence-corrected chi connectivity index (χ4v) is 3.07. The van der Waals surface area contributed by atoms with Crippen molar-refractivity contribution in [2.24, 2.45) is 5.92 Å². The molecule has 3 heteroatoms. The molecule has 114 valence electrons. The van der Waals surface area contributed by atoms with Crippen molar-refractivity contribution >= 4 is 23.2 Å². The van der Waals surface area contributed by atoms with Crippen LogP contribution in [0.3, 0.4) is 0 Å². The Balaban J connectivity index is 2.75. The summed E-state index contributed by atoms with van der Waals surface area (Å²) < 4.78 is 0. The van der Waals surface area contributed by atoms with Gasteiger partial charge in [0.05, 0.1) is 10.0 Å². The molecule has 0 fully saturated rings. The Bertz CT molecular complexity index is 393. The van der Waals surface area contributed by atoms with Crippen LogP contribution < -0.4 is 5.32 Å². The Kier molecular flexibility index (Phi) is 8.60. The van der Waals surface area contributed by atoms with E-state index in [1.165, 1.54) is 31.2 Å². The van der Waals surface area contributed by atoms with Crippen LogP contribution in [0.2, 0.25) is 10.0 Å². The van der Waals surface area contributed by atoms with Gasteiger partial charge in [-0.25, -0.2) is 0 Å². The molecule has 2 unspecified atom stereocenters. The van der Waals surface area contributed by atoms with Gasteiger partial charge in [-0.3, -0.25) is 0 Å². The predicted octanol–water partition coefficient (Wildman–Crippen LogP) is 5.73. The summed E-state index contributed by atoms with van der Waals surface area (Å²) in [6.45, 7) is 7.73. The lowest BCUT2D eigenvalue weighted by molar-refractivity contribution is 0.319. The van der Waals surface area contributed by atoms with Gasteiger partial charge in [-0.2, -0.15) is 0 Å². The van der Waals surface area contributed by atoms with E-state index in [0.717, 1.165) is 18.9 Å². The van der Waals surface area contributed by atoms with E-state index >= 15 is 0 Å². The number of benzene rings is 1. The lowest BCUT2D eigenvalue weighted by Gasteiger charge is -2.27. The van der Waals surface area contributed by atoms with Crippen molar-refractivity contribution < 1.29 is 0 Å². The molecule has 1 aromatic carbocycles. The summed E-state index contributed by atoms with van der Waals surface area (Å²) in [5.41, 5.74) is 1.26. The van der Waals surface area contributed by atoms with Crippen LogP contribution in [-0.4, -0.2) is 12.6 Å². The molecule has 1 nitrogen and oxygen atoms in total. The summed E-state index contributed by atoms with van der Waals surface area (Å²) in [6, 6.07) is 6.51. The Morgan fingerprint density at radius 2 is 1.85 bits per heavy atom. The molecular weight excluding hydrogens is 289 g/mol. The van der Waals surface area contributed by atoms with Crippen LogP contribution in [0.25, 0.3) is 0 Å². The fraction of sp³-hybridized carbons (Fsp3) is 0.647. The second kappa shape index (κ2) is 9.65. The number of hydrogen-bond acceptors (Lipinski definition) is 1. The predicted molar refractivity (Wildman–Crippen MR) is 90.9 cm³/mol. The number of nitrogens with one attached hydrogen (secondary N) is 1. The van der Waals surface area contributed by atoms with Crippen LogP contribution in [0.15, 0.2) is 18.2 Å². The summed E-state index contributed by atoms with van der Waals surface area (Å²) in [5, 5.41) is 4.94. The second-order valence-electron chi connectivity index (χ2n) is 5.43. The lowest BCUT2D eigenvalue weighted by Crippen LogP contribution is -2.37. The van der Waals surface area contributed by atoms with Crippen molar-refractivity contribution in [3.8, 4) is 0 Å². The maximum atomic E-state index is 6.12. The summed E-state index contributed by atoms with van der Waals surface area (Å²) in [7, 11) is 0. The third-order valence-electron chi connectivity index (χ3n) is 3.93. The van der Waals surface area contributed by atoms with Crippen molar-refractivity contribution in [3.63, 3.8) is 0 Å². The minimum atomic E-state index is 0.522. The van der Waals surface area contributed by atoms with Crippen molar-refractivity contribution in [1.29, 1.82) is 0 Å². The molecule has 0 radical (unpaired) electrons. The number of unbranched alkanes of at least 4 members (excludes halogenated alkanes) is 1. The number of halogens is 2. The summed E-state index contributed by atoms with van der Waals surface area (Å²) in [6.07, 6.45) is 6.11. The van der Waals surface area contributed by atoms with E-state index in [4.69, 9.17) is 23.2 Å². The van der Waals surface area contributed by atoms with Gasteiger partial charge in [-0.1, -0.05) is 69.3 Å². The van der Waals surface area contributed by atoms with Crippen LogP contribution in [0.4, 0.5) is 0 Å². The first-order valence-electron chi connectivity index (χ1n) is 7.79. The summed E-state index contributed by atoms with van der Waals surface area (Å²) in [5.74, 6) is 0.726. The minimum absolute atomic E-state index is 0.522. The highest BCUT2D eigenvalue weighted by Gasteiger charge is 2.19. The monoisotopic (exact) mass is 315 g/mol. The van der Waals surface area contributed by atoms with Gasteiger partial charge in [0.25, 0.3) is 0 Å². The molecule has 0 aliphatic heterocycles. The van der Waals surface area contributed by atoms with E-state index in [-0.39, 0.29) is 0 Å². The van der Waals surface area contributed by atoms with Crippen LogP contribution >= 0.6 is 23.2 Å². The van der Waals surface area contributed by atoms with Gasteiger partial charge < -0.3 is 5.32 Å². The van der Waals surface area contributed by atoms with E-state index in [9.17, 15) is 0 Å². The zero-order valence-corrected chi connectivity index (χ0v) is 14.4. The van der Waals surface area contributed by atoms with Crippen molar-refractivity contribution in [2.75, 3.05) is 6.54 Å². The highest BCUT2D eigenvalue weighted by atomic mass is 35.5. The molecule has 0 aliphatic rings. The molecule has 1 N–H and O–H groups in total. The Labute approximate surface area is 134 Å². The highest BCUT2D eigenvalue weighted by molar-refractivity contribution is 6.42. The van der Waals surface area contributed by atoms with E-state index in [1.807, 2.05) is 12.1 Å². The number of rotatable bonds is 9. The van der Waals surface area contributed by atoms with Crippen LogP contribution in [-0.2, 0) is 6.42 Å². The average Bonchev–Trinajstić information content (AvgIpc) is 2.44. The molecular formula is C17H27Cl2N. The molecule has 0 spiro atoms. The molecule has 0 saturated carbocycles. The second-order valence-corrected chi connectivity index (χ2v) is 6.24. The number of hydrogen-bond donors (Lipinski definition) is 1. The first-order valence-corrected chi connectivity index (χ1v) is 8.55. The third kappa shape index (κ3) is 5.63. The zero-order chi connectivity index (χ0) is 15.0. The van der Waals surface area contributed by atoms with Crippen LogP contribution in [0.5, 0.6) is 0 Å². The van der Waals surface area contributed by atoms with Crippen LogP contribution in [0, 0.1) is 5.92 Å². The van der Waals surface area contributed by atoms with Crippen molar-refractivity contribution in [1.82, 2.24) is 5.32 Å². The minimum Gasteiger partial charge on any atom is -0.314 e. The third-order valence-corrected chi connectivity index (χ3v) is 4.67. The summed E-state index contributed by atoms with van der Waals surface area (Å²) in [4.78, 5) is 0.